The Morgan fingerprint density at radius 3 is 2.71 bits per heavy atom. The fourth-order valence-electron chi connectivity index (χ4n) is 1.31. The summed E-state index contributed by atoms with van der Waals surface area (Å²) in [4.78, 5) is 15.1. The van der Waals surface area contributed by atoms with Crippen molar-refractivity contribution in [3.63, 3.8) is 0 Å². The summed E-state index contributed by atoms with van der Waals surface area (Å²) in [6.07, 6.45) is -2.02. The number of hydrogen-bond donors (Lipinski definition) is 1. The second-order valence-electron chi connectivity index (χ2n) is 3.03. The number of rotatable bonds is 4. The summed E-state index contributed by atoms with van der Waals surface area (Å²) < 4.78 is 35.0. The predicted octanol–water partition coefficient (Wildman–Crippen LogP) is 1.79. The van der Waals surface area contributed by atoms with Crippen LogP contribution in [-0.4, -0.2) is 24.7 Å². The van der Waals surface area contributed by atoms with Crippen molar-refractivity contribution in [1.82, 2.24) is 4.98 Å². The summed E-state index contributed by atoms with van der Waals surface area (Å²) >= 11 is 0. The number of alkyl halides is 2. The van der Waals surface area contributed by atoms with Gasteiger partial charge in [0.2, 0.25) is 0 Å². The third-order valence-corrected chi connectivity index (χ3v) is 2.01. The zero-order chi connectivity index (χ0) is 13.0. The quantitative estimate of drug-likeness (QED) is 0.820. The second-order valence-corrected chi connectivity index (χ2v) is 3.03. The molecule has 0 aromatic carbocycles. The lowest BCUT2D eigenvalue weighted by Gasteiger charge is -2.13. The molecule has 5 nitrogen and oxygen atoms in total. The number of esters is 1. The third kappa shape index (κ3) is 2.61. The number of ether oxygens (including phenoxy) is 2. The minimum atomic E-state index is -2.86. The van der Waals surface area contributed by atoms with Crippen LogP contribution in [0.15, 0.2) is 6.20 Å². The van der Waals surface area contributed by atoms with Crippen molar-refractivity contribution in [3.8, 4) is 5.75 Å². The van der Waals surface area contributed by atoms with Crippen LogP contribution in [0, 0.1) is 0 Å². The average Bonchev–Trinajstić information content (AvgIpc) is 2.28. The lowest BCUT2D eigenvalue weighted by atomic mass is 10.1. The zero-order valence-corrected chi connectivity index (χ0v) is 9.37. The van der Waals surface area contributed by atoms with Crippen LogP contribution in [0.1, 0.15) is 29.3 Å². The molecule has 0 atom stereocenters. The number of pyridine rings is 1. The Balaban J connectivity index is 3.38. The highest BCUT2D eigenvalue weighted by atomic mass is 19.3. The van der Waals surface area contributed by atoms with Crippen LogP contribution in [0.4, 0.5) is 14.6 Å². The van der Waals surface area contributed by atoms with Crippen LogP contribution in [0.3, 0.4) is 0 Å². The first kappa shape index (κ1) is 13.1. The van der Waals surface area contributed by atoms with E-state index in [1.807, 2.05) is 0 Å². The van der Waals surface area contributed by atoms with Crippen molar-refractivity contribution < 1.29 is 23.0 Å². The summed E-state index contributed by atoms with van der Waals surface area (Å²) in [7, 11) is 1.21. The van der Waals surface area contributed by atoms with E-state index in [1.165, 1.54) is 7.11 Å². The fraction of sp³-hybridized carbons (Fsp3) is 0.400. The minimum absolute atomic E-state index is 0.0624. The number of carbonyl (C=O) groups excluding carboxylic acids is 1. The van der Waals surface area contributed by atoms with E-state index in [2.05, 4.69) is 9.72 Å². The maximum atomic E-state index is 12.7. The van der Waals surface area contributed by atoms with E-state index in [9.17, 15) is 13.6 Å². The summed E-state index contributed by atoms with van der Waals surface area (Å²) in [6, 6.07) is 0. The molecule has 0 unspecified atom stereocenters. The van der Waals surface area contributed by atoms with Gasteiger partial charge in [0, 0.05) is 6.20 Å². The number of methoxy groups -OCH3 is 1. The topological polar surface area (TPSA) is 74.4 Å². The number of nitrogens with zero attached hydrogens (tertiary/aromatic N) is 1. The zero-order valence-electron chi connectivity index (χ0n) is 9.37. The standard InChI is InChI=1S/C10H12F2N2O3/c1-3-17-10(15)6-5(8(11)12)4-14-9(13)7(6)16-2/h4,8H,3H2,1-2H3,(H2,13,14). The van der Waals surface area contributed by atoms with Crippen molar-refractivity contribution in [2.45, 2.75) is 13.3 Å². The summed E-state index contributed by atoms with van der Waals surface area (Å²) in [5, 5.41) is 0. The highest BCUT2D eigenvalue weighted by Gasteiger charge is 2.26. The smallest absolute Gasteiger partial charge is 0.342 e. The van der Waals surface area contributed by atoms with Gasteiger partial charge in [0.1, 0.15) is 5.56 Å². The molecule has 0 aliphatic rings. The monoisotopic (exact) mass is 246 g/mol. The molecule has 7 heteroatoms. The van der Waals surface area contributed by atoms with E-state index < -0.39 is 18.0 Å². The Hall–Kier alpha value is -1.92. The molecule has 0 radical (unpaired) electrons. The molecule has 0 aliphatic carbocycles. The van der Waals surface area contributed by atoms with E-state index in [4.69, 9.17) is 10.5 Å². The maximum absolute atomic E-state index is 12.7. The minimum Gasteiger partial charge on any atom is -0.492 e. The highest BCUT2D eigenvalue weighted by Crippen LogP contribution is 2.33. The Morgan fingerprint density at radius 2 is 2.24 bits per heavy atom. The fourth-order valence-corrected chi connectivity index (χ4v) is 1.31. The molecule has 0 spiro atoms. The number of hydrogen-bond acceptors (Lipinski definition) is 5. The van der Waals surface area contributed by atoms with Gasteiger partial charge in [-0.2, -0.15) is 0 Å². The molecule has 94 valence electrons. The van der Waals surface area contributed by atoms with Crippen molar-refractivity contribution >= 4 is 11.8 Å². The van der Waals surface area contributed by atoms with Gasteiger partial charge in [-0.05, 0) is 6.92 Å². The van der Waals surface area contributed by atoms with Crippen LogP contribution >= 0.6 is 0 Å². The molecule has 0 saturated carbocycles. The molecule has 0 bridgehead atoms. The Kier molecular flexibility index (Phi) is 4.19. The van der Waals surface area contributed by atoms with Gasteiger partial charge in [-0.1, -0.05) is 0 Å². The van der Waals surface area contributed by atoms with Crippen LogP contribution in [0.2, 0.25) is 0 Å². The van der Waals surface area contributed by atoms with Gasteiger partial charge < -0.3 is 15.2 Å². The van der Waals surface area contributed by atoms with Gasteiger partial charge in [-0.25, -0.2) is 18.6 Å². The molecule has 0 aliphatic heterocycles. The van der Waals surface area contributed by atoms with E-state index >= 15 is 0 Å². The molecule has 1 aromatic heterocycles. The highest BCUT2D eigenvalue weighted by molar-refractivity contribution is 5.95. The molecule has 0 fully saturated rings. The third-order valence-electron chi connectivity index (χ3n) is 2.01. The maximum Gasteiger partial charge on any atom is 0.342 e. The molecule has 2 N–H and O–H groups in total. The molecule has 1 aromatic rings. The summed E-state index contributed by atoms with van der Waals surface area (Å²) in [6.45, 7) is 1.63. The van der Waals surface area contributed by atoms with E-state index in [0.29, 0.717) is 0 Å². The molecule has 0 amide bonds. The van der Waals surface area contributed by atoms with E-state index in [-0.39, 0.29) is 23.7 Å². The molecular weight excluding hydrogens is 234 g/mol. The first-order chi connectivity index (χ1) is 8.02. The molecular formula is C10H12F2N2O3. The lowest BCUT2D eigenvalue weighted by molar-refractivity contribution is 0.0511. The van der Waals surface area contributed by atoms with Gasteiger partial charge in [-0.3, -0.25) is 0 Å². The van der Waals surface area contributed by atoms with Gasteiger partial charge in [-0.15, -0.1) is 0 Å². The van der Waals surface area contributed by atoms with Crippen molar-refractivity contribution in [1.29, 1.82) is 0 Å². The van der Waals surface area contributed by atoms with Crippen LogP contribution in [0.5, 0.6) is 5.75 Å². The number of nitrogen functional groups attached to an aromatic ring is 1. The van der Waals surface area contributed by atoms with Crippen LogP contribution < -0.4 is 10.5 Å². The molecule has 1 heterocycles. The number of halogens is 2. The van der Waals surface area contributed by atoms with E-state index in [0.717, 1.165) is 6.20 Å². The summed E-state index contributed by atoms with van der Waals surface area (Å²) in [5.41, 5.74) is 4.51. The van der Waals surface area contributed by atoms with Gasteiger partial charge in [0.15, 0.2) is 11.6 Å². The Bertz CT molecular complexity index is 424. The van der Waals surface area contributed by atoms with Crippen molar-refractivity contribution in [2.75, 3.05) is 19.5 Å². The average molecular weight is 246 g/mol. The number of nitrogens with two attached hydrogens (primary N) is 1. The molecule has 1 rings (SSSR count). The van der Waals surface area contributed by atoms with Gasteiger partial charge in [0.25, 0.3) is 6.43 Å². The van der Waals surface area contributed by atoms with Gasteiger partial charge >= 0.3 is 5.97 Å². The van der Waals surface area contributed by atoms with Crippen molar-refractivity contribution in [2.24, 2.45) is 0 Å². The number of aromatic nitrogens is 1. The number of carbonyl (C=O) groups is 1. The van der Waals surface area contributed by atoms with Crippen molar-refractivity contribution in [3.05, 3.63) is 17.3 Å². The van der Waals surface area contributed by atoms with Crippen LogP contribution in [0.25, 0.3) is 0 Å². The molecule has 0 saturated heterocycles. The van der Waals surface area contributed by atoms with E-state index in [1.54, 1.807) is 6.92 Å². The first-order valence-corrected chi connectivity index (χ1v) is 4.80. The van der Waals surface area contributed by atoms with Gasteiger partial charge in [0.05, 0.1) is 19.3 Å². The second kappa shape index (κ2) is 5.42. The lowest BCUT2D eigenvalue weighted by Crippen LogP contribution is -2.13. The normalized spacial score (nSPS) is 10.4. The SMILES string of the molecule is CCOC(=O)c1c(C(F)F)cnc(N)c1OC. The Morgan fingerprint density at radius 1 is 1.59 bits per heavy atom. The first-order valence-electron chi connectivity index (χ1n) is 4.80. The predicted molar refractivity (Wildman–Crippen MR) is 56.1 cm³/mol. The number of anilines is 1. The Labute approximate surface area is 96.5 Å². The summed E-state index contributed by atoms with van der Waals surface area (Å²) in [5.74, 6) is -1.24. The molecule has 17 heavy (non-hydrogen) atoms. The largest absolute Gasteiger partial charge is 0.492 e. The van der Waals surface area contributed by atoms with Crippen LogP contribution in [-0.2, 0) is 4.74 Å².